The van der Waals surface area contributed by atoms with Crippen LogP contribution < -0.4 is 0 Å². The summed E-state index contributed by atoms with van der Waals surface area (Å²) in [7, 11) is 0. The van der Waals surface area contributed by atoms with Crippen molar-refractivity contribution in [3.63, 3.8) is 0 Å². The highest BCUT2D eigenvalue weighted by molar-refractivity contribution is 6.16. The van der Waals surface area contributed by atoms with Gasteiger partial charge in [-0.2, -0.15) is 9.97 Å². The average molecular weight is 703 g/mol. The van der Waals surface area contributed by atoms with E-state index in [-0.39, 0.29) is 0 Å². The molecule has 10 aromatic rings. The van der Waals surface area contributed by atoms with Crippen molar-refractivity contribution in [2.24, 2.45) is 0 Å². The summed E-state index contributed by atoms with van der Waals surface area (Å²) >= 11 is 0. The van der Waals surface area contributed by atoms with Gasteiger partial charge >= 0.3 is 0 Å². The maximum Gasteiger partial charge on any atom is 0.238 e. The molecule has 0 saturated carbocycles. The quantitative estimate of drug-likeness (QED) is 0.166. The molecule has 258 valence electrons. The second-order valence-electron chi connectivity index (χ2n) is 13.7. The van der Waals surface area contributed by atoms with E-state index in [9.17, 15) is 0 Å². The normalized spacial score (nSPS) is 11.3. The molecular formula is C51H34N4. The van der Waals surface area contributed by atoms with Crippen molar-refractivity contribution >= 4 is 21.8 Å². The van der Waals surface area contributed by atoms with E-state index < -0.39 is 0 Å². The largest absolute Gasteiger partial charge is 0.277 e. The van der Waals surface area contributed by atoms with Crippen molar-refractivity contribution in [2.75, 3.05) is 0 Å². The van der Waals surface area contributed by atoms with Crippen LogP contribution in [0.2, 0.25) is 0 Å². The summed E-state index contributed by atoms with van der Waals surface area (Å²) in [4.78, 5) is 15.5. The van der Waals surface area contributed by atoms with E-state index in [1.807, 2.05) is 36.4 Å². The molecule has 2 aromatic heterocycles. The highest BCUT2D eigenvalue weighted by atomic mass is 15.2. The van der Waals surface area contributed by atoms with Gasteiger partial charge < -0.3 is 0 Å². The number of benzene rings is 8. The molecule has 10 rings (SSSR count). The van der Waals surface area contributed by atoms with Crippen LogP contribution in [0.4, 0.5) is 0 Å². The fraction of sp³-hybridized carbons (Fsp3) is 0. The maximum atomic E-state index is 5.25. The predicted molar refractivity (Wildman–Crippen MR) is 227 cm³/mol. The van der Waals surface area contributed by atoms with Gasteiger partial charge in [-0.15, -0.1) is 0 Å². The summed E-state index contributed by atoms with van der Waals surface area (Å²) in [5.41, 5.74) is 13.1. The highest BCUT2D eigenvalue weighted by Crippen LogP contribution is 2.42. The van der Waals surface area contributed by atoms with Gasteiger partial charge in [-0.3, -0.25) is 4.57 Å². The lowest BCUT2D eigenvalue weighted by atomic mass is 9.94. The number of nitrogens with zero attached hydrogens (tertiary/aromatic N) is 4. The molecule has 0 bridgehead atoms. The first-order valence-corrected chi connectivity index (χ1v) is 18.5. The molecule has 8 aromatic carbocycles. The van der Waals surface area contributed by atoms with E-state index in [0.29, 0.717) is 17.6 Å². The van der Waals surface area contributed by atoms with Crippen LogP contribution >= 0.6 is 0 Å². The molecule has 0 unspecified atom stereocenters. The van der Waals surface area contributed by atoms with E-state index in [1.54, 1.807) is 0 Å². The molecule has 0 aliphatic heterocycles. The van der Waals surface area contributed by atoms with Crippen LogP contribution in [0.1, 0.15) is 0 Å². The van der Waals surface area contributed by atoms with Gasteiger partial charge in [-0.05, 0) is 69.3 Å². The SMILES string of the molecule is c1ccc(-c2cccc(-c3ccc4c(c3)c3cc(-c5ccccc5)cc(-c5ccccc5)c3n4-c3nc(-c4ccccc4)nc(-c4ccccc4)n3)c2)cc1. The Bertz CT molecular complexity index is 2880. The zero-order chi connectivity index (χ0) is 36.6. The molecule has 0 atom stereocenters. The fourth-order valence-corrected chi connectivity index (χ4v) is 7.58. The van der Waals surface area contributed by atoms with Crippen molar-refractivity contribution in [3.05, 3.63) is 206 Å². The fourth-order valence-electron chi connectivity index (χ4n) is 7.58. The first-order valence-electron chi connectivity index (χ1n) is 18.5. The Morgan fingerprint density at radius 1 is 0.291 bits per heavy atom. The van der Waals surface area contributed by atoms with Crippen molar-refractivity contribution in [2.45, 2.75) is 0 Å². The minimum Gasteiger partial charge on any atom is -0.277 e. The van der Waals surface area contributed by atoms with Crippen LogP contribution in [0.5, 0.6) is 0 Å². The molecule has 4 heteroatoms. The summed E-state index contributed by atoms with van der Waals surface area (Å²) in [6.07, 6.45) is 0. The van der Waals surface area contributed by atoms with Gasteiger partial charge in [0.05, 0.1) is 11.0 Å². The predicted octanol–water partition coefficient (Wildman–Crippen LogP) is 13.0. The van der Waals surface area contributed by atoms with Crippen LogP contribution in [0.3, 0.4) is 0 Å². The third-order valence-corrected chi connectivity index (χ3v) is 10.2. The van der Waals surface area contributed by atoms with Crippen LogP contribution in [-0.2, 0) is 0 Å². The van der Waals surface area contributed by atoms with Crippen LogP contribution in [0.15, 0.2) is 206 Å². The average Bonchev–Trinajstić information content (AvgIpc) is 3.61. The number of fused-ring (bicyclic) bond motifs is 3. The van der Waals surface area contributed by atoms with Gasteiger partial charge in [0, 0.05) is 27.5 Å². The topological polar surface area (TPSA) is 43.6 Å². The lowest BCUT2D eigenvalue weighted by Gasteiger charge is -2.14. The highest BCUT2D eigenvalue weighted by Gasteiger charge is 2.22. The molecule has 4 nitrogen and oxygen atoms in total. The Labute approximate surface area is 319 Å². The lowest BCUT2D eigenvalue weighted by molar-refractivity contribution is 0.954. The van der Waals surface area contributed by atoms with Gasteiger partial charge in [-0.1, -0.05) is 176 Å². The molecule has 0 aliphatic rings. The summed E-state index contributed by atoms with van der Waals surface area (Å²) in [6.45, 7) is 0. The minimum atomic E-state index is 0.566. The van der Waals surface area contributed by atoms with Gasteiger partial charge in [0.2, 0.25) is 5.95 Å². The van der Waals surface area contributed by atoms with E-state index in [4.69, 9.17) is 15.0 Å². The summed E-state index contributed by atoms with van der Waals surface area (Å²) in [6, 6.07) is 72.4. The maximum absolute atomic E-state index is 5.25. The van der Waals surface area contributed by atoms with Crippen LogP contribution in [0, 0.1) is 0 Å². The van der Waals surface area contributed by atoms with Gasteiger partial charge in [0.1, 0.15) is 0 Å². The molecule has 0 spiro atoms. The first-order chi connectivity index (χ1) is 27.3. The Balaban J connectivity index is 1.30. The zero-order valence-electron chi connectivity index (χ0n) is 29.9. The second-order valence-corrected chi connectivity index (χ2v) is 13.7. The van der Waals surface area contributed by atoms with E-state index in [2.05, 4.69) is 174 Å². The number of hydrogen-bond donors (Lipinski definition) is 0. The molecule has 0 saturated heterocycles. The molecule has 0 fully saturated rings. The van der Waals surface area contributed by atoms with E-state index >= 15 is 0 Å². The standard InChI is InChI=1S/C51H34N4/c1-6-17-35(18-7-1)40-27-16-28-41(31-40)42-29-30-47-45(32-42)46-34-43(36-19-8-2-9-20-36)33-44(37-21-10-3-11-22-37)48(46)55(47)51-53-49(38-23-12-4-13-24-38)52-50(54-51)39-25-14-5-15-26-39/h1-34H. The van der Waals surface area contributed by atoms with Crippen LogP contribution in [0.25, 0.3) is 95.0 Å². The summed E-state index contributed by atoms with van der Waals surface area (Å²) in [5.74, 6) is 1.81. The Morgan fingerprint density at radius 3 is 1.29 bits per heavy atom. The molecule has 2 heterocycles. The molecule has 0 amide bonds. The summed E-state index contributed by atoms with van der Waals surface area (Å²) < 4.78 is 2.24. The Morgan fingerprint density at radius 2 is 0.727 bits per heavy atom. The van der Waals surface area contributed by atoms with Crippen molar-refractivity contribution in [1.82, 2.24) is 19.5 Å². The molecule has 0 radical (unpaired) electrons. The first kappa shape index (κ1) is 32.2. The van der Waals surface area contributed by atoms with Gasteiger partial charge in [0.15, 0.2) is 11.6 Å². The van der Waals surface area contributed by atoms with Crippen molar-refractivity contribution < 1.29 is 0 Å². The molecule has 0 N–H and O–H groups in total. The van der Waals surface area contributed by atoms with E-state index in [0.717, 1.165) is 66.3 Å². The monoisotopic (exact) mass is 702 g/mol. The number of aromatic nitrogens is 4. The lowest BCUT2D eigenvalue weighted by Crippen LogP contribution is -2.07. The third-order valence-electron chi connectivity index (χ3n) is 10.2. The van der Waals surface area contributed by atoms with Crippen molar-refractivity contribution in [1.29, 1.82) is 0 Å². The summed E-state index contributed by atoms with van der Waals surface area (Å²) in [5, 5.41) is 2.25. The Hall–Kier alpha value is -7.43. The molecule has 0 aliphatic carbocycles. The number of hydrogen-bond acceptors (Lipinski definition) is 3. The van der Waals surface area contributed by atoms with Gasteiger partial charge in [-0.25, -0.2) is 4.98 Å². The van der Waals surface area contributed by atoms with E-state index in [1.165, 1.54) is 11.1 Å². The Kier molecular flexibility index (Phi) is 8.12. The second kappa shape index (κ2) is 13.8. The zero-order valence-corrected chi connectivity index (χ0v) is 29.9. The third kappa shape index (κ3) is 6.06. The smallest absolute Gasteiger partial charge is 0.238 e. The van der Waals surface area contributed by atoms with Gasteiger partial charge in [0.25, 0.3) is 0 Å². The van der Waals surface area contributed by atoms with Crippen molar-refractivity contribution in [3.8, 4) is 73.2 Å². The molecular weight excluding hydrogens is 669 g/mol. The number of rotatable bonds is 7. The molecule has 55 heavy (non-hydrogen) atoms. The van der Waals surface area contributed by atoms with Crippen LogP contribution in [-0.4, -0.2) is 19.5 Å². The minimum absolute atomic E-state index is 0.566.